The molecule has 0 radical (unpaired) electrons. The van der Waals surface area contributed by atoms with E-state index in [-0.39, 0.29) is 17.2 Å². The fraction of sp³-hybridized carbons (Fsp3) is 0.643. The first-order valence-corrected chi connectivity index (χ1v) is 8.19. The van der Waals surface area contributed by atoms with Crippen LogP contribution in [0.1, 0.15) is 39.5 Å². The molecule has 1 aliphatic rings. The van der Waals surface area contributed by atoms with E-state index in [0.29, 0.717) is 5.25 Å². The highest BCUT2D eigenvalue weighted by molar-refractivity contribution is 7.99. The van der Waals surface area contributed by atoms with Gasteiger partial charge in [-0.15, -0.1) is 0 Å². The molecular formula is C14H22N2O4S. The van der Waals surface area contributed by atoms with E-state index >= 15 is 0 Å². The predicted molar refractivity (Wildman–Crippen MR) is 82.2 cm³/mol. The lowest BCUT2D eigenvalue weighted by atomic mass is 9.95. The van der Waals surface area contributed by atoms with Gasteiger partial charge in [-0.3, -0.25) is 10.1 Å². The van der Waals surface area contributed by atoms with E-state index in [1.165, 1.54) is 13.8 Å². The van der Waals surface area contributed by atoms with Crippen LogP contribution in [-0.2, 0) is 9.59 Å². The van der Waals surface area contributed by atoms with E-state index in [0.717, 1.165) is 25.7 Å². The molecule has 0 aliphatic heterocycles. The average Bonchev–Trinajstić information content (AvgIpc) is 2.46. The van der Waals surface area contributed by atoms with Crippen molar-refractivity contribution in [1.29, 1.82) is 0 Å². The number of imide groups is 1. The quantitative estimate of drug-likeness (QED) is 0.689. The van der Waals surface area contributed by atoms with Crippen molar-refractivity contribution in [2.45, 2.75) is 50.8 Å². The summed E-state index contributed by atoms with van der Waals surface area (Å²) >= 11 is 1.84. The van der Waals surface area contributed by atoms with E-state index in [4.69, 9.17) is 5.11 Å². The molecule has 0 atom stereocenters. The lowest BCUT2D eigenvalue weighted by Gasteiger charge is -2.27. The van der Waals surface area contributed by atoms with E-state index in [9.17, 15) is 14.4 Å². The Morgan fingerprint density at radius 1 is 1.05 bits per heavy atom. The normalized spacial score (nSPS) is 23.0. The number of thioether (sulfide) groups is 1. The molecule has 0 bridgehead atoms. The summed E-state index contributed by atoms with van der Waals surface area (Å²) in [6.45, 7) is 2.72. The molecule has 0 aromatic carbocycles. The second-order valence-electron chi connectivity index (χ2n) is 5.19. The van der Waals surface area contributed by atoms with E-state index < -0.39 is 17.9 Å². The van der Waals surface area contributed by atoms with Gasteiger partial charge in [0.15, 0.2) is 0 Å². The third-order valence-electron chi connectivity index (χ3n) is 3.79. The van der Waals surface area contributed by atoms with Crippen molar-refractivity contribution in [3.63, 3.8) is 0 Å². The van der Waals surface area contributed by atoms with Gasteiger partial charge in [0.2, 0.25) is 0 Å². The summed E-state index contributed by atoms with van der Waals surface area (Å²) in [6, 6.07) is -0.490. The molecule has 0 aromatic heterocycles. The minimum Gasteiger partial charge on any atom is -0.478 e. The summed E-state index contributed by atoms with van der Waals surface area (Å²) in [5, 5.41) is 14.4. The van der Waals surface area contributed by atoms with Crippen molar-refractivity contribution in [2.75, 3.05) is 6.26 Å². The number of carbonyl (C=O) groups excluding carboxylic acids is 2. The van der Waals surface area contributed by atoms with Crippen molar-refractivity contribution < 1.29 is 19.5 Å². The Balaban J connectivity index is 2.46. The van der Waals surface area contributed by atoms with Crippen molar-refractivity contribution in [2.24, 2.45) is 0 Å². The zero-order valence-electron chi connectivity index (χ0n) is 12.6. The van der Waals surface area contributed by atoms with E-state index in [2.05, 4.69) is 16.9 Å². The molecule has 0 aromatic rings. The Bertz CT molecular complexity index is 454. The van der Waals surface area contributed by atoms with E-state index in [1.807, 2.05) is 11.8 Å². The summed E-state index contributed by atoms with van der Waals surface area (Å²) in [4.78, 5) is 34.3. The zero-order valence-corrected chi connectivity index (χ0v) is 13.4. The standard InChI is InChI=1S/C14H22N2O4S/c1-8(9(2)13(18)19)12(17)16-14(20)15-10-4-6-11(21-3)7-5-10/h10-11H,4-7H2,1-3H3,(H,18,19)(H2,15,16,17,20). The number of nitrogens with one attached hydrogen (secondary N) is 2. The van der Waals surface area contributed by atoms with Gasteiger partial charge < -0.3 is 10.4 Å². The Morgan fingerprint density at radius 3 is 2.10 bits per heavy atom. The second-order valence-corrected chi connectivity index (χ2v) is 6.33. The number of carboxylic acids is 1. The first kappa shape index (κ1) is 17.6. The maximum atomic E-state index is 11.8. The van der Waals surface area contributed by atoms with Gasteiger partial charge in [-0.1, -0.05) is 0 Å². The number of urea groups is 1. The fourth-order valence-corrected chi connectivity index (χ4v) is 2.94. The van der Waals surface area contributed by atoms with Crippen LogP contribution in [0, 0.1) is 0 Å². The number of aliphatic carboxylic acids is 1. The first-order chi connectivity index (χ1) is 9.85. The SMILES string of the molecule is CSC1CCC(NC(=O)NC(=O)C(C)=C(C)C(=O)O)CC1. The third kappa shape index (κ3) is 5.41. The van der Waals surface area contributed by atoms with Gasteiger partial charge in [0.25, 0.3) is 5.91 Å². The van der Waals surface area contributed by atoms with Crippen molar-refractivity contribution in [3.8, 4) is 0 Å². The zero-order chi connectivity index (χ0) is 16.0. The molecule has 7 heteroatoms. The monoisotopic (exact) mass is 314 g/mol. The highest BCUT2D eigenvalue weighted by Gasteiger charge is 2.22. The van der Waals surface area contributed by atoms with Gasteiger partial charge in [0.1, 0.15) is 0 Å². The number of rotatable bonds is 4. The molecule has 1 saturated carbocycles. The molecule has 21 heavy (non-hydrogen) atoms. The van der Waals surface area contributed by atoms with Crippen LogP contribution in [0.5, 0.6) is 0 Å². The Morgan fingerprint density at radius 2 is 1.62 bits per heavy atom. The number of amides is 3. The summed E-state index contributed by atoms with van der Waals surface area (Å²) < 4.78 is 0. The lowest BCUT2D eigenvalue weighted by Crippen LogP contribution is -2.46. The van der Waals surface area contributed by atoms with Crippen LogP contribution < -0.4 is 10.6 Å². The second kappa shape index (κ2) is 8.07. The highest BCUT2D eigenvalue weighted by Crippen LogP contribution is 2.26. The molecule has 0 unspecified atom stereocenters. The molecule has 1 aliphatic carbocycles. The lowest BCUT2D eigenvalue weighted by molar-refractivity contribution is -0.133. The Hall–Kier alpha value is -1.50. The van der Waals surface area contributed by atoms with Crippen LogP contribution in [0.25, 0.3) is 0 Å². The van der Waals surface area contributed by atoms with Crippen molar-refractivity contribution in [1.82, 2.24) is 10.6 Å². The molecule has 3 N–H and O–H groups in total. The molecule has 0 heterocycles. The smallest absolute Gasteiger partial charge is 0.331 e. The molecular weight excluding hydrogens is 292 g/mol. The summed E-state index contributed by atoms with van der Waals surface area (Å²) in [6.07, 6.45) is 5.99. The molecule has 6 nitrogen and oxygen atoms in total. The maximum absolute atomic E-state index is 11.8. The predicted octanol–water partition coefficient (Wildman–Crippen LogP) is 1.91. The van der Waals surface area contributed by atoms with Crippen molar-refractivity contribution in [3.05, 3.63) is 11.1 Å². The Kier molecular flexibility index (Phi) is 6.74. The molecule has 118 valence electrons. The van der Waals surface area contributed by atoms with E-state index in [1.54, 1.807) is 0 Å². The van der Waals surface area contributed by atoms with Gasteiger partial charge >= 0.3 is 12.0 Å². The maximum Gasteiger partial charge on any atom is 0.331 e. The summed E-state index contributed by atoms with van der Waals surface area (Å²) in [5.74, 6) is -1.84. The number of carbonyl (C=O) groups is 3. The number of carboxylic acid groups (broad SMARTS) is 1. The summed E-state index contributed by atoms with van der Waals surface area (Å²) in [5.41, 5.74) is -0.0375. The molecule has 1 rings (SSSR count). The van der Waals surface area contributed by atoms with Crippen LogP contribution in [0.3, 0.4) is 0 Å². The summed E-state index contributed by atoms with van der Waals surface area (Å²) in [7, 11) is 0. The van der Waals surface area contributed by atoms with Gasteiger partial charge in [-0.25, -0.2) is 9.59 Å². The fourth-order valence-electron chi connectivity index (χ4n) is 2.19. The van der Waals surface area contributed by atoms with Crippen molar-refractivity contribution >= 4 is 29.7 Å². The Labute approximate surface area is 128 Å². The number of hydrogen-bond acceptors (Lipinski definition) is 4. The molecule has 1 fully saturated rings. The van der Waals surface area contributed by atoms with Crippen LogP contribution in [0.4, 0.5) is 4.79 Å². The topological polar surface area (TPSA) is 95.5 Å². The van der Waals surface area contributed by atoms with Gasteiger partial charge in [-0.05, 0) is 45.8 Å². The average molecular weight is 314 g/mol. The third-order valence-corrected chi connectivity index (χ3v) is 4.93. The van der Waals surface area contributed by atoms with Gasteiger partial charge in [-0.2, -0.15) is 11.8 Å². The van der Waals surface area contributed by atoms with Gasteiger partial charge in [0.05, 0.1) is 0 Å². The largest absolute Gasteiger partial charge is 0.478 e. The number of hydrogen-bond donors (Lipinski definition) is 3. The molecule has 0 saturated heterocycles. The minimum absolute atomic E-state index is 0.0312. The van der Waals surface area contributed by atoms with Gasteiger partial charge in [0, 0.05) is 22.4 Å². The van der Waals surface area contributed by atoms with Crippen LogP contribution in [-0.4, -0.2) is 40.6 Å². The molecule has 0 spiro atoms. The molecule has 3 amide bonds. The van der Waals surface area contributed by atoms with Crippen LogP contribution in [0.15, 0.2) is 11.1 Å². The minimum atomic E-state index is -1.17. The highest BCUT2D eigenvalue weighted by atomic mass is 32.2. The van der Waals surface area contributed by atoms with Crippen LogP contribution >= 0.6 is 11.8 Å². The van der Waals surface area contributed by atoms with Crippen LogP contribution in [0.2, 0.25) is 0 Å². The first-order valence-electron chi connectivity index (χ1n) is 6.90.